The molecule has 2 heterocycles. The molecule has 1 atom stereocenters. The number of rotatable bonds is 3. The molecular weight excluding hydrogens is 200 g/mol. The SMILES string of the molecule is CCn1cc(C(C)N2CCCNCC2)cn1. The summed E-state index contributed by atoms with van der Waals surface area (Å²) < 4.78 is 2.00. The smallest absolute Gasteiger partial charge is 0.0537 e. The molecule has 90 valence electrons. The molecule has 1 saturated heterocycles. The molecule has 1 aromatic rings. The van der Waals surface area contributed by atoms with Crippen LogP contribution in [0.5, 0.6) is 0 Å². The molecule has 4 nitrogen and oxygen atoms in total. The first-order valence-corrected chi connectivity index (χ1v) is 6.28. The van der Waals surface area contributed by atoms with E-state index in [0.29, 0.717) is 6.04 Å². The van der Waals surface area contributed by atoms with Crippen molar-refractivity contribution in [2.45, 2.75) is 32.9 Å². The van der Waals surface area contributed by atoms with E-state index in [0.717, 1.165) is 26.2 Å². The molecule has 0 spiro atoms. The minimum absolute atomic E-state index is 0.486. The summed E-state index contributed by atoms with van der Waals surface area (Å²) in [5.41, 5.74) is 1.34. The van der Waals surface area contributed by atoms with Crippen LogP contribution >= 0.6 is 0 Å². The number of nitrogens with zero attached hydrogens (tertiary/aromatic N) is 3. The minimum atomic E-state index is 0.486. The zero-order chi connectivity index (χ0) is 11.4. The standard InChI is InChI=1S/C12H22N4/c1-3-16-10-12(9-14-16)11(2)15-7-4-5-13-6-8-15/h9-11,13H,3-8H2,1-2H3. The van der Waals surface area contributed by atoms with Gasteiger partial charge in [0.2, 0.25) is 0 Å². The Morgan fingerprint density at radius 1 is 1.44 bits per heavy atom. The maximum Gasteiger partial charge on any atom is 0.0537 e. The summed E-state index contributed by atoms with van der Waals surface area (Å²) in [6.07, 6.45) is 5.42. The Labute approximate surface area is 97.6 Å². The molecule has 0 aromatic carbocycles. The zero-order valence-electron chi connectivity index (χ0n) is 10.3. The lowest BCUT2D eigenvalue weighted by atomic mass is 10.1. The Kier molecular flexibility index (Phi) is 3.96. The molecule has 4 heteroatoms. The highest BCUT2D eigenvalue weighted by molar-refractivity contribution is 5.09. The summed E-state index contributed by atoms with van der Waals surface area (Å²) in [6.45, 7) is 9.93. The molecule has 0 amide bonds. The van der Waals surface area contributed by atoms with E-state index < -0.39 is 0 Å². The van der Waals surface area contributed by atoms with E-state index in [1.54, 1.807) is 0 Å². The first-order valence-electron chi connectivity index (χ1n) is 6.28. The molecule has 0 radical (unpaired) electrons. The van der Waals surface area contributed by atoms with Crippen molar-refractivity contribution >= 4 is 0 Å². The highest BCUT2D eigenvalue weighted by Crippen LogP contribution is 2.19. The minimum Gasteiger partial charge on any atom is -0.315 e. The van der Waals surface area contributed by atoms with Gasteiger partial charge in [-0.15, -0.1) is 0 Å². The van der Waals surface area contributed by atoms with Crippen molar-refractivity contribution in [3.8, 4) is 0 Å². The second kappa shape index (κ2) is 5.46. The number of nitrogens with one attached hydrogen (secondary N) is 1. The average Bonchev–Trinajstić information content (AvgIpc) is 2.62. The van der Waals surface area contributed by atoms with Gasteiger partial charge in [0, 0.05) is 37.4 Å². The van der Waals surface area contributed by atoms with E-state index in [-0.39, 0.29) is 0 Å². The van der Waals surface area contributed by atoms with Crippen molar-refractivity contribution in [3.63, 3.8) is 0 Å². The van der Waals surface area contributed by atoms with E-state index in [2.05, 4.69) is 35.4 Å². The average molecular weight is 222 g/mol. The summed E-state index contributed by atoms with van der Waals surface area (Å²) in [6, 6.07) is 0.486. The van der Waals surface area contributed by atoms with Gasteiger partial charge in [-0.3, -0.25) is 9.58 Å². The zero-order valence-corrected chi connectivity index (χ0v) is 10.3. The van der Waals surface area contributed by atoms with Gasteiger partial charge in [0.05, 0.1) is 6.20 Å². The largest absolute Gasteiger partial charge is 0.315 e. The molecular formula is C12H22N4. The second-order valence-electron chi connectivity index (χ2n) is 4.44. The molecule has 0 aliphatic carbocycles. The van der Waals surface area contributed by atoms with Crippen molar-refractivity contribution < 1.29 is 0 Å². The maximum absolute atomic E-state index is 4.35. The second-order valence-corrected chi connectivity index (χ2v) is 4.44. The van der Waals surface area contributed by atoms with Crippen LogP contribution in [0.1, 0.15) is 31.9 Å². The van der Waals surface area contributed by atoms with E-state index in [9.17, 15) is 0 Å². The van der Waals surface area contributed by atoms with Gasteiger partial charge in [-0.1, -0.05) is 0 Å². The Hall–Kier alpha value is -0.870. The molecule has 1 aromatic heterocycles. The van der Waals surface area contributed by atoms with Crippen LogP contribution in [-0.2, 0) is 6.54 Å². The van der Waals surface area contributed by atoms with Gasteiger partial charge in [0.25, 0.3) is 0 Å². The fourth-order valence-corrected chi connectivity index (χ4v) is 2.23. The summed E-state index contributed by atoms with van der Waals surface area (Å²) in [5.74, 6) is 0. The van der Waals surface area contributed by atoms with E-state index >= 15 is 0 Å². The Morgan fingerprint density at radius 2 is 2.31 bits per heavy atom. The fourth-order valence-electron chi connectivity index (χ4n) is 2.23. The number of hydrogen-bond acceptors (Lipinski definition) is 3. The van der Waals surface area contributed by atoms with Gasteiger partial charge in [0.1, 0.15) is 0 Å². The van der Waals surface area contributed by atoms with Gasteiger partial charge in [-0.25, -0.2) is 0 Å². The Balaban J connectivity index is 2.01. The summed E-state index contributed by atoms with van der Waals surface area (Å²) in [4.78, 5) is 2.54. The number of aryl methyl sites for hydroxylation is 1. The normalized spacial score (nSPS) is 20.6. The third-order valence-corrected chi connectivity index (χ3v) is 3.38. The van der Waals surface area contributed by atoms with Crippen molar-refractivity contribution in [1.29, 1.82) is 0 Å². The molecule has 0 bridgehead atoms. The third kappa shape index (κ3) is 2.62. The van der Waals surface area contributed by atoms with Crippen LogP contribution in [-0.4, -0.2) is 40.9 Å². The van der Waals surface area contributed by atoms with Gasteiger partial charge in [-0.05, 0) is 33.4 Å². The summed E-state index contributed by atoms with van der Waals surface area (Å²) in [5, 5.41) is 7.79. The van der Waals surface area contributed by atoms with Gasteiger partial charge in [-0.2, -0.15) is 5.10 Å². The lowest BCUT2D eigenvalue weighted by molar-refractivity contribution is 0.225. The molecule has 1 unspecified atom stereocenters. The van der Waals surface area contributed by atoms with Crippen molar-refractivity contribution in [2.75, 3.05) is 26.2 Å². The van der Waals surface area contributed by atoms with Gasteiger partial charge >= 0.3 is 0 Å². The first kappa shape index (κ1) is 11.6. The van der Waals surface area contributed by atoms with Crippen LogP contribution in [0.25, 0.3) is 0 Å². The number of aromatic nitrogens is 2. The molecule has 1 N–H and O–H groups in total. The molecule has 1 fully saturated rings. The molecule has 16 heavy (non-hydrogen) atoms. The van der Waals surface area contributed by atoms with Gasteiger partial charge in [0.15, 0.2) is 0 Å². The monoisotopic (exact) mass is 222 g/mol. The van der Waals surface area contributed by atoms with Crippen LogP contribution in [0.2, 0.25) is 0 Å². The molecule has 1 aliphatic heterocycles. The van der Waals surface area contributed by atoms with E-state index in [1.807, 2.05) is 10.9 Å². The molecule has 0 saturated carbocycles. The molecule has 1 aliphatic rings. The third-order valence-electron chi connectivity index (χ3n) is 3.38. The van der Waals surface area contributed by atoms with Gasteiger partial charge < -0.3 is 5.32 Å². The van der Waals surface area contributed by atoms with Crippen LogP contribution in [0.4, 0.5) is 0 Å². The lowest BCUT2D eigenvalue weighted by Gasteiger charge is -2.26. The van der Waals surface area contributed by atoms with Crippen LogP contribution in [0, 0.1) is 0 Å². The fraction of sp³-hybridized carbons (Fsp3) is 0.750. The van der Waals surface area contributed by atoms with Crippen molar-refractivity contribution in [3.05, 3.63) is 18.0 Å². The Bertz CT molecular complexity index is 313. The van der Waals surface area contributed by atoms with E-state index in [4.69, 9.17) is 0 Å². The van der Waals surface area contributed by atoms with Crippen molar-refractivity contribution in [1.82, 2.24) is 20.0 Å². The highest BCUT2D eigenvalue weighted by atomic mass is 15.3. The maximum atomic E-state index is 4.35. The molecule has 2 rings (SSSR count). The topological polar surface area (TPSA) is 33.1 Å². The lowest BCUT2D eigenvalue weighted by Crippen LogP contribution is -2.30. The first-order chi connectivity index (χ1) is 7.81. The summed E-state index contributed by atoms with van der Waals surface area (Å²) in [7, 11) is 0. The van der Waals surface area contributed by atoms with Crippen LogP contribution in [0.3, 0.4) is 0 Å². The highest BCUT2D eigenvalue weighted by Gasteiger charge is 2.17. The summed E-state index contributed by atoms with van der Waals surface area (Å²) >= 11 is 0. The Morgan fingerprint density at radius 3 is 3.06 bits per heavy atom. The quantitative estimate of drug-likeness (QED) is 0.836. The number of hydrogen-bond donors (Lipinski definition) is 1. The van der Waals surface area contributed by atoms with Crippen LogP contribution < -0.4 is 5.32 Å². The predicted octanol–water partition coefficient (Wildman–Crippen LogP) is 1.26. The van der Waals surface area contributed by atoms with Crippen molar-refractivity contribution in [2.24, 2.45) is 0 Å². The van der Waals surface area contributed by atoms with Crippen LogP contribution in [0.15, 0.2) is 12.4 Å². The predicted molar refractivity (Wildman–Crippen MR) is 65.4 cm³/mol. The van der Waals surface area contributed by atoms with E-state index in [1.165, 1.54) is 18.5 Å².